The number of hydrogen-bond acceptors (Lipinski definition) is 6. The van der Waals surface area contributed by atoms with Crippen LogP contribution >= 0.6 is 23.2 Å². The number of rotatable bonds is 4. The number of benzene rings is 2. The van der Waals surface area contributed by atoms with E-state index in [4.69, 9.17) is 38.2 Å². The Bertz CT molecular complexity index is 1410. The third-order valence-corrected chi connectivity index (χ3v) is 5.76. The lowest BCUT2D eigenvalue weighted by Crippen LogP contribution is -2.01. The summed E-state index contributed by atoms with van der Waals surface area (Å²) in [6, 6.07) is 10.2. The van der Waals surface area contributed by atoms with Gasteiger partial charge >= 0.3 is 11.9 Å². The summed E-state index contributed by atoms with van der Waals surface area (Å²) in [4.78, 5) is 36.9. The molecule has 2 aromatic carbocycles. The topological polar surface area (TPSA) is 141 Å². The molecule has 0 unspecified atom stereocenters. The molecule has 0 bridgehead atoms. The molecular weight excluding hydrogens is 531 g/mol. The maximum absolute atomic E-state index is 11.5. The number of carboxylic acids is 1. The Morgan fingerprint density at radius 2 is 1.18 bits per heavy atom. The molecule has 0 amide bonds. The summed E-state index contributed by atoms with van der Waals surface area (Å²) < 4.78 is 4.70. The zero-order valence-corrected chi connectivity index (χ0v) is 22.7. The number of carboxylic acid groups (broad SMARTS) is 1. The molecule has 204 valence electrons. The molecule has 0 aliphatic heterocycles. The normalized spacial score (nSPS) is 9.82. The lowest BCUT2D eigenvalue weighted by Gasteiger charge is -2.06. The first-order valence-corrected chi connectivity index (χ1v) is 11.7. The maximum Gasteiger partial charge on any atom is 0.337 e. The molecule has 0 aliphatic carbocycles. The second-order valence-electron chi connectivity index (χ2n) is 7.83. The predicted molar refractivity (Wildman–Crippen MR) is 150 cm³/mol. The van der Waals surface area contributed by atoms with E-state index in [9.17, 15) is 9.59 Å². The number of aryl methyl sites for hydroxylation is 4. The van der Waals surface area contributed by atoms with E-state index in [1.165, 1.54) is 7.11 Å². The van der Waals surface area contributed by atoms with Crippen LogP contribution in [0.3, 0.4) is 0 Å². The Morgan fingerprint density at radius 3 is 1.53 bits per heavy atom. The number of nitrogens with one attached hydrogen (secondary N) is 2. The highest BCUT2D eigenvalue weighted by Crippen LogP contribution is 2.30. The zero-order valence-electron chi connectivity index (χ0n) is 21.2. The van der Waals surface area contributed by atoms with E-state index in [-0.39, 0.29) is 19.0 Å². The van der Waals surface area contributed by atoms with Crippen molar-refractivity contribution in [3.05, 3.63) is 80.6 Å². The van der Waals surface area contributed by atoms with Crippen molar-refractivity contribution in [1.82, 2.24) is 19.9 Å². The molecule has 4 rings (SSSR count). The molecule has 38 heavy (non-hydrogen) atoms. The maximum atomic E-state index is 11.5. The highest BCUT2D eigenvalue weighted by molar-refractivity contribution is 6.32. The van der Waals surface area contributed by atoms with Gasteiger partial charge in [0, 0.05) is 18.2 Å². The average Bonchev–Trinajstić information content (AvgIpc) is 3.39. The summed E-state index contributed by atoms with van der Waals surface area (Å²) in [5.41, 5.74) is 5.44. The highest BCUT2D eigenvalue weighted by atomic mass is 35.5. The SMILES string of the molecule is C.CO.COC(=O)c1ccc(C)c(-c2nc(C)[nH]c2Cl)c1.Cc1nc(-c2cc(C(=O)O)ccc2C)c(Cl)[nH]1. The first-order chi connectivity index (χ1) is 17.5. The zero-order chi connectivity index (χ0) is 27.9. The van der Waals surface area contributed by atoms with Crippen LogP contribution in [0.4, 0.5) is 0 Å². The Balaban J connectivity index is 0.000000349. The monoisotopic (exact) mass is 562 g/mol. The summed E-state index contributed by atoms with van der Waals surface area (Å²) in [6.07, 6.45) is 0. The van der Waals surface area contributed by atoms with Crippen LogP contribution < -0.4 is 0 Å². The molecule has 0 saturated heterocycles. The van der Waals surface area contributed by atoms with Crippen LogP contribution in [0.5, 0.6) is 0 Å². The Morgan fingerprint density at radius 1 is 0.789 bits per heavy atom. The number of aromatic nitrogens is 4. The minimum absolute atomic E-state index is 0. The second-order valence-corrected chi connectivity index (χ2v) is 8.58. The molecular formula is C27H32Cl2N4O5. The van der Waals surface area contributed by atoms with E-state index in [1.807, 2.05) is 26.8 Å². The van der Waals surface area contributed by atoms with E-state index >= 15 is 0 Å². The van der Waals surface area contributed by atoms with Crippen molar-refractivity contribution >= 4 is 35.1 Å². The van der Waals surface area contributed by atoms with Crippen LogP contribution in [0, 0.1) is 27.7 Å². The molecule has 4 N–H and O–H groups in total. The molecule has 0 saturated carbocycles. The fourth-order valence-corrected chi connectivity index (χ4v) is 3.98. The number of halogens is 2. The number of methoxy groups -OCH3 is 1. The van der Waals surface area contributed by atoms with Crippen molar-refractivity contribution in [2.75, 3.05) is 14.2 Å². The second kappa shape index (κ2) is 14.3. The van der Waals surface area contributed by atoms with Crippen molar-refractivity contribution in [3.63, 3.8) is 0 Å². The summed E-state index contributed by atoms with van der Waals surface area (Å²) in [7, 11) is 2.35. The van der Waals surface area contributed by atoms with Crippen LogP contribution in [-0.2, 0) is 4.74 Å². The van der Waals surface area contributed by atoms with E-state index in [2.05, 4.69) is 19.9 Å². The number of imidazole rings is 2. The number of aliphatic hydroxyl groups excluding tert-OH is 1. The highest BCUT2D eigenvalue weighted by Gasteiger charge is 2.15. The number of hydrogen-bond donors (Lipinski definition) is 4. The van der Waals surface area contributed by atoms with Crippen LogP contribution in [0.2, 0.25) is 10.3 Å². The number of carbonyl (C=O) groups excluding carboxylic acids is 1. The van der Waals surface area contributed by atoms with Gasteiger partial charge in [-0.15, -0.1) is 0 Å². The third-order valence-electron chi connectivity index (χ3n) is 5.21. The van der Waals surface area contributed by atoms with Crippen molar-refractivity contribution in [2.24, 2.45) is 0 Å². The number of aliphatic hydroxyl groups is 1. The molecule has 2 aromatic heterocycles. The Kier molecular flexibility index (Phi) is 12.2. The molecule has 9 nitrogen and oxygen atoms in total. The van der Waals surface area contributed by atoms with Crippen LogP contribution in [-0.4, -0.2) is 56.3 Å². The van der Waals surface area contributed by atoms with Crippen molar-refractivity contribution in [3.8, 4) is 22.5 Å². The first kappa shape index (κ1) is 32.4. The Labute approximate surface area is 231 Å². The van der Waals surface area contributed by atoms with Gasteiger partial charge in [0.05, 0.1) is 18.2 Å². The molecule has 4 aromatic rings. The smallest absolute Gasteiger partial charge is 0.337 e. The van der Waals surface area contributed by atoms with Crippen molar-refractivity contribution < 1.29 is 24.5 Å². The van der Waals surface area contributed by atoms with Gasteiger partial charge in [-0.2, -0.15) is 0 Å². The summed E-state index contributed by atoms with van der Waals surface area (Å²) >= 11 is 12.1. The van der Waals surface area contributed by atoms with Gasteiger partial charge in [0.25, 0.3) is 0 Å². The number of carbonyl (C=O) groups is 2. The predicted octanol–water partition coefficient (Wildman–Crippen LogP) is 6.42. The number of aromatic amines is 2. The number of esters is 1. The minimum Gasteiger partial charge on any atom is -0.478 e. The third kappa shape index (κ3) is 7.67. The quantitative estimate of drug-likeness (QED) is 0.210. The van der Waals surface area contributed by atoms with Gasteiger partial charge in [-0.05, 0) is 63.1 Å². The van der Waals surface area contributed by atoms with E-state index < -0.39 is 5.97 Å². The molecule has 11 heteroatoms. The van der Waals surface area contributed by atoms with Gasteiger partial charge in [0.1, 0.15) is 33.3 Å². The van der Waals surface area contributed by atoms with Crippen LogP contribution in [0.15, 0.2) is 36.4 Å². The van der Waals surface area contributed by atoms with Gasteiger partial charge in [-0.3, -0.25) is 0 Å². The van der Waals surface area contributed by atoms with Gasteiger partial charge < -0.3 is 24.9 Å². The molecule has 2 heterocycles. The molecule has 0 radical (unpaired) electrons. The average molecular weight is 563 g/mol. The largest absolute Gasteiger partial charge is 0.478 e. The van der Waals surface area contributed by atoms with E-state index in [0.29, 0.717) is 33.1 Å². The number of nitrogens with zero attached hydrogens (tertiary/aromatic N) is 2. The van der Waals surface area contributed by atoms with Crippen LogP contribution in [0.1, 0.15) is 50.9 Å². The molecule has 0 atom stereocenters. The fourth-order valence-electron chi connectivity index (χ4n) is 3.41. The van der Waals surface area contributed by atoms with Gasteiger partial charge in [0.15, 0.2) is 0 Å². The number of H-pyrrole nitrogens is 2. The number of aromatic carboxylic acids is 1. The number of ether oxygens (including phenoxy) is 1. The van der Waals surface area contributed by atoms with Crippen molar-refractivity contribution in [1.29, 1.82) is 0 Å². The molecule has 0 fully saturated rings. The van der Waals surface area contributed by atoms with Gasteiger partial charge in [0.2, 0.25) is 0 Å². The fraction of sp³-hybridized carbons (Fsp3) is 0.259. The Hall–Kier alpha value is -3.66. The van der Waals surface area contributed by atoms with E-state index in [1.54, 1.807) is 37.3 Å². The first-order valence-electron chi connectivity index (χ1n) is 10.9. The minimum atomic E-state index is -0.963. The van der Waals surface area contributed by atoms with E-state index in [0.717, 1.165) is 35.2 Å². The summed E-state index contributed by atoms with van der Waals surface area (Å²) in [5.74, 6) is 0.0947. The molecule has 0 aliphatic rings. The standard InChI is InChI=1S/C13H13ClN2O2.C12H11ClN2O2.CH4O.CH4/c1-7-4-5-9(13(17)18-3)6-10(7)11-12(14)16-8(2)15-11;1-6-3-4-8(12(16)17)5-9(6)10-11(13)15-7(2)14-10;1-2;/h4-6H,1-3H3,(H,15,16);3-5H,1-2H3,(H,14,15)(H,16,17);2H,1H3;1H4. The summed E-state index contributed by atoms with van der Waals surface area (Å²) in [6.45, 7) is 7.46. The molecule has 0 spiro atoms. The summed E-state index contributed by atoms with van der Waals surface area (Å²) in [5, 5.41) is 16.9. The lowest BCUT2D eigenvalue weighted by molar-refractivity contribution is 0.0600. The van der Waals surface area contributed by atoms with Gasteiger partial charge in [-0.1, -0.05) is 42.8 Å². The van der Waals surface area contributed by atoms with Gasteiger partial charge in [-0.25, -0.2) is 19.6 Å². The lowest BCUT2D eigenvalue weighted by atomic mass is 10.0. The van der Waals surface area contributed by atoms with Crippen LogP contribution in [0.25, 0.3) is 22.5 Å². The van der Waals surface area contributed by atoms with Crippen molar-refractivity contribution in [2.45, 2.75) is 35.1 Å².